The molecule has 2 rings (SSSR count). The third-order valence-electron chi connectivity index (χ3n) is 2.58. The largest absolute Gasteiger partial charge is 0.465 e. The van der Waals surface area contributed by atoms with Crippen molar-refractivity contribution < 1.29 is 9.53 Å². The number of nitrogens with one attached hydrogen (secondary N) is 1. The fraction of sp³-hybridized carbons (Fsp3) is 0.0714. The molecule has 0 fully saturated rings. The Morgan fingerprint density at radius 1 is 1.11 bits per heavy atom. The van der Waals surface area contributed by atoms with Crippen molar-refractivity contribution in [2.75, 3.05) is 12.4 Å². The summed E-state index contributed by atoms with van der Waals surface area (Å²) in [5.41, 5.74) is 2.19. The van der Waals surface area contributed by atoms with E-state index < -0.39 is 5.97 Å². The molecule has 0 heterocycles. The van der Waals surface area contributed by atoms with Gasteiger partial charge in [-0.2, -0.15) is 0 Å². The maximum atomic E-state index is 11.6. The standard InChI is InChI=1S/C14H12N2O3/c1-19-14(17)12-4-2-3-5-13(12)15-10-6-8-11(16-18)9-7-10/h2-9,15H,1H3. The molecule has 0 aliphatic rings. The normalized spacial score (nSPS) is 9.74. The van der Waals surface area contributed by atoms with E-state index in [1.54, 1.807) is 42.5 Å². The minimum Gasteiger partial charge on any atom is -0.465 e. The van der Waals surface area contributed by atoms with Crippen LogP contribution in [0.4, 0.5) is 17.1 Å². The summed E-state index contributed by atoms with van der Waals surface area (Å²) in [6.45, 7) is 0. The summed E-state index contributed by atoms with van der Waals surface area (Å²) in [5.74, 6) is -0.408. The molecule has 5 nitrogen and oxygen atoms in total. The molecule has 2 aromatic carbocycles. The molecule has 0 saturated heterocycles. The van der Waals surface area contributed by atoms with Crippen LogP contribution in [0.3, 0.4) is 0 Å². The zero-order valence-electron chi connectivity index (χ0n) is 10.3. The van der Waals surface area contributed by atoms with Crippen LogP contribution < -0.4 is 5.32 Å². The number of benzene rings is 2. The Balaban J connectivity index is 2.27. The summed E-state index contributed by atoms with van der Waals surface area (Å²) in [5, 5.41) is 5.92. The van der Waals surface area contributed by atoms with Crippen molar-refractivity contribution in [2.24, 2.45) is 5.18 Å². The summed E-state index contributed by atoms with van der Waals surface area (Å²) < 4.78 is 4.72. The molecule has 0 aliphatic heterocycles. The summed E-state index contributed by atoms with van der Waals surface area (Å²) in [6.07, 6.45) is 0. The van der Waals surface area contributed by atoms with E-state index in [4.69, 9.17) is 4.74 Å². The summed E-state index contributed by atoms with van der Waals surface area (Å²) >= 11 is 0. The predicted molar refractivity (Wildman–Crippen MR) is 73.0 cm³/mol. The first-order valence-electron chi connectivity index (χ1n) is 5.62. The molecular weight excluding hydrogens is 244 g/mol. The predicted octanol–water partition coefficient (Wildman–Crippen LogP) is 3.61. The number of anilines is 2. The molecule has 0 atom stereocenters. The molecule has 0 spiro atoms. The molecule has 0 aromatic heterocycles. The molecule has 96 valence electrons. The Labute approximate surface area is 110 Å². The molecule has 0 aliphatic carbocycles. The van der Waals surface area contributed by atoms with Gasteiger partial charge in [0.1, 0.15) is 5.69 Å². The van der Waals surface area contributed by atoms with Crippen molar-refractivity contribution >= 4 is 23.0 Å². The van der Waals surface area contributed by atoms with Gasteiger partial charge in [0, 0.05) is 5.69 Å². The molecule has 2 aromatic rings. The van der Waals surface area contributed by atoms with Gasteiger partial charge in [-0.25, -0.2) is 4.79 Å². The van der Waals surface area contributed by atoms with Crippen molar-refractivity contribution in [1.29, 1.82) is 0 Å². The van der Waals surface area contributed by atoms with E-state index in [-0.39, 0.29) is 0 Å². The number of nitroso groups, excluding NO2 is 1. The van der Waals surface area contributed by atoms with Gasteiger partial charge in [-0.05, 0) is 41.6 Å². The third kappa shape index (κ3) is 2.95. The first-order valence-corrected chi connectivity index (χ1v) is 5.62. The van der Waals surface area contributed by atoms with Gasteiger partial charge in [-0.1, -0.05) is 12.1 Å². The zero-order valence-corrected chi connectivity index (χ0v) is 10.3. The number of esters is 1. The lowest BCUT2D eigenvalue weighted by Gasteiger charge is -2.10. The highest BCUT2D eigenvalue weighted by Gasteiger charge is 2.10. The van der Waals surface area contributed by atoms with Crippen molar-refractivity contribution in [3.8, 4) is 0 Å². The van der Waals surface area contributed by atoms with Crippen molar-refractivity contribution in [1.82, 2.24) is 0 Å². The second-order valence-electron chi connectivity index (χ2n) is 3.80. The Bertz CT molecular complexity index is 594. The van der Waals surface area contributed by atoms with E-state index in [1.165, 1.54) is 7.11 Å². The first kappa shape index (κ1) is 12.8. The molecule has 0 saturated carbocycles. The number of carbonyl (C=O) groups is 1. The summed E-state index contributed by atoms with van der Waals surface area (Å²) in [7, 11) is 1.34. The van der Waals surface area contributed by atoms with E-state index in [1.807, 2.05) is 6.07 Å². The SMILES string of the molecule is COC(=O)c1ccccc1Nc1ccc(N=O)cc1. The van der Waals surface area contributed by atoms with Crippen LogP contribution in [0.1, 0.15) is 10.4 Å². The number of nitrogens with zero attached hydrogens (tertiary/aromatic N) is 1. The number of methoxy groups -OCH3 is 1. The van der Waals surface area contributed by atoms with Crippen LogP contribution in [0, 0.1) is 4.91 Å². The Morgan fingerprint density at radius 3 is 2.42 bits per heavy atom. The Morgan fingerprint density at radius 2 is 1.79 bits per heavy atom. The van der Waals surface area contributed by atoms with Crippen LogP contribution in [0.5, 0.6) is 0 Å². The average Bonchev–Trinajstić information content (AvgIpc) is 2.48. The van der Waals surface area contributed by atoms with Crippen LogP contribution in [0.25, 0.3) is 0 Å². The highest BCUT2D eigenvalue weighted by atomic mass is 16.5. The van der Waals surface area contributed by atoms with Gasteiger partial charge in [0.2, 0.25) is 0 Å². The Kier molecular flexibility index (Phi) is 3.87. The van der Waals surface area contributed by atoms with Crippen LogP contribution in [0.2, 0.25) is 0 Å². The zero-order chi connectivity index (χ0) is 13.7. The van der Waals surface area contributed by atoms with Crippen LogP contribution >= 0.6 is 0 Å². The minimum atomic E-state index is -0.408. The van der Waals surface area contributed by atoms with Gasteiger partial charge in [-0.3, -0.25) is 0 Å². The second-order valence-corrected chi connectivity index (χ2v) is 3.80. The van der Waals surface area contributed by atoms with Crippen LogP contribution in [0.15, 0.2) is 53.7 Å². The molecule has 19 heavy (non-hydrogen) atoms. The number of hydrogen-bond donors (Lipinski definition) is 1. The van der Waals surface area contributed by atoms with Gasteiger partial charge in [0.05, 0.1) is 18.4 Å². The monoisotopic (exact) mass is 256 g/mol. The third-order valence-corrected chi connectivity index (χ3v) is 2.58. The maximum absolute atomic E-state index is 11.6. The Hall–Kier alpha value is -2.69. The average molecular weight is 256 g/mol. The highest BCUT2D eigenvalue weighted by Crippen LogP contribution is 2.23. The lowest BCUT2D eigenvalue weighted by molar-refractivity contribution is 0.0602. The second kappa shape index (κ2) is 5.77. The fourth-order valence-corrected chi connectivity index (χ4v) is 1.64. The van der Waals surface area contributed by atoms with Crippen LogP contribution in [-0.2, 0) is 4.74 Å². The van der Waals surface area contributed by atoms with Gasteiger partial charge in [0.25, 0.3) is 0 Å². The van der Waals surface area contributed by atoms with E-state index in [0.717, 1.165) is 5.69 Å². The molecule has 0 amide bonds. The molecule has 1 N–H and O–H groups in total. The fourth-order valence-electron chi connectivity index (χ4n) is 1.64. The number of ether oxygens (including phenoxy) is 1. The molecule has 0 unspecified atom stereocenters. The number of carbonyl (C=O) groups excluding carboxylic acids is 1. The smallest absolute Gasteiger partial charge is 0.339 e. The molecule has 5 heteroatoms. The minimum absolute atomic E-state index is 0.354. The van der Waals surface area contributed by atoms with Gasteiger partial charge < -0.3 is 10.1 Å². The summed E-state index contributed by atoms with van der Waals surface area (Å²) in [4.78, 5) is 21.9. The quantitative estimate of drug-likeness (QED) is 0.670. The maximum Gasteiger partial charge on any atom is 0.339 e. The number of para-hydroxylation sites is 1. The van der Waals surface area contributed by atoms with Crippen molar-refractivity contribution in [2.45, 2.75) is 0 Å². The van der Waals surface area contributed by atoms with E-state index >= 15 is 0 Å². The number of rotatable bonds is 4. The van der Waals surface area contributed by atoms with Gasteiger partial charge in [-0.15, -0.1) is 4.91 Å². The van der Waals surface area contributed by atoms with E-state index in [0.29, 0.717) is 16.9 Å². The van der Waals surface area contributed by atoms with Gasteiger partial charge >= 0.3 is 5.97 Å². The van der Waals surface area contributed by atoms with E-state index in [2.05, 4.69) is 10.5 Å². The first-order chi connectivity index (χ1) is 9.24. The lowest BCUT2D eigenvalue weighted by Crippen LogP contribution is -2.05. The van der Waals surface area contributed by atoms with Crippen molar-refractivity contribution in [3.63, 3.8) is 0 Å². The van der Waals surface area contributed by atoms with Crippen molar-refractivity contribution in [3.05, 3.63) is 59.0 Å². The van der Waals surface area contributed by atoms with Gasteiger partial charge in [0.15, 0.2) is 0 Å². The molecule has 0 radical (unpaired) electrons. The highest BCUT2D eigenvalue weighted by molar-refractivity contribution is 5.96. The van der Waals surface area contributed by atoms with Crippen LogP contribution in [-0.4, -0.2) is 13.1 Å². The lowest BCUT2D eigenvalue weighted by atomic mass is 10.1. The number of hydrogen-bond acceptors (Lipinski definition) is 5. The molecular formula is C14H12N2O3. The summed E-state index contributed by atoms with van der Waals surface area (Å²) in [6, 6.07) is 13.6. The topological polar surface area (TPSA) is 67.8 Å². The molecule has 0 bridgehead atoms. The van der Waals surface area contributed by atoms with E-state index in [9.17, 15) is 9.70 Å².